The van der Waals surface area contributed by atoms with E-state index in [9.17, 15) is 14.3 Å². The van der Waals surface area contributed by atoms with E-state index in [2.05, 4.69) is 5.32 Å². The Morgan fingerprint density at radius 3 is 2.57 bits per heavy atom. The molecule has 3 nitrogen and oxygen atoms in total. The van der Waals surface area contributed by atoms with E-state index in [0.717, 1.165) is 10.1 Å². The van der Waals surface area contributed by atoms with Crippen LogP contribution < -0.4 is 5.32 Å². The fourth-order valence-electron chi connectivity index (χ4n) is 2.21. The van der Waals surface area contributed by atoms with Gasteiger partial charge in [-0.3, -0.25) is 0 Å². The van der Waals surface area contributed by atoms with Gasteiger partial charge in [0.05, 0.1) is 0 Å². The average Bonchev–Trinajstić information content (AvgIpc) is 2.90. The monoisotopic (exact) mass is 301 g/mol. The maximum atomic E-state index is 12.9. The molecule has 0 fully saturated rings. The molecule has 0 saturated heterocycles. The minimum atomic E-state index is -0.970. The first-order chi connectivity index (χ1) is 10.1. The number of thiophene rings is 1. The number of halogens is 1. The average molecular weight is 301 g/mol. The highest BCUT2D eigenvalue weighted by molar-refractivity contribution is 7.17. The summed E-state index contributed by atoms with van der Waals surface area (Å²) in [6.45, 7) is 0. The summed E-state index contributed by atoms with van der Waals surface area (Å²) in [5.41, 5.74) is 1.28. The van der Waals surface area contributed by atoms with Gasteiger partial charge < -0.3 is 10.4 Å². The van der Waals surface area contributed by atoms with Gasteiger partial charge in [-0.05, 0) is 41.1 Å². The first kappa shape index (κ1) is 13.6. The molecule has 2 N–H and O–H groups in total. The number of fused-ring (bicyclic) bond motifs is 1. The molecule has 21 heavy (non-hydrogen) atoms. The highest BCUT2D eigenvalue weighted by atomic mass is 32.1. The Bertz CT molecular complexity index is 782. The van der Waals surface area contributed by atoms with E-state index < -0.39 is 12.0 Å². The highest BCUT2D eigenvalue weighted by Gasteiger charge is 2.22. The van der Waals surface area contributed by atoms with Crippen molar-refractivity contribution in [3.05, 3.63) is 65.3 Å². The minimum Gasteiger partial charge on any atom is -0.479 e. The van der Waals surface area contributed by atoms with Gasteiger partial charge in [0.1, 0.15) is 5.82 Å². The van der Waals surface area contributed by atoms with E-state index >= 15 is 0 Å². The summed E-state index contributed by atoms with van der Waals surface area (Å²) >= 11 is 1.51. The summed E-state index contributed by atoms with van der Waals surface area (Å²) < 4.78 is 14.0. The van der Waals surface area contributed by atoms with Crippen LogP contribution in [0.3, 0.4) is 0 Å². The molecule has 0 aliphatic carbocycles. The normalized spacial score (nSPS) is 12.2. The van der Waals surface area contributed by atoms with Crippen molar-refractivity contribution in [1.29, 1.82) is 0 Å². The van der Waals surface area contributed by atoms with Crippen molar-refractivity contribution in [1.82, 2.24) is 0 Å². The lowest BCUT2D eigenvalue weighted by molar-refractivity contribution is -0.138. The molecule has 0 radical (unpaired) electrons. The van der Waals surface area contributed by atoms with Crippen LogP contribution in [-0.2, 0) is 4.79 Å². The summed E-state index contributed by atoms with van der Waals surface area (Å²) in [4.78, 5) is 11.6. The number of anilines is 1. The van der Waals surface area contributed by atoms with Crippen molar-refractivity contribution in [3.63, 3.8) is 0 Å². The number of aliphatic carboxylic acids is 1. The lowest BCUT2D eigenvalue weighted by Crippen LogP contribution is -2.20. The van der Waals surface area contributed by atoms with Crippen LogP contribution in [0.2, 0.25) is 0 Å². The van der Waals surface area contributed by atoms with Crippen LogP contribution in [0.5, 0.6) is 0 Å². The van der Waals surface area contributed by atoms with Gasteiger partial charge in [-0.15, -0.1) is 11.3 Å². The van der Waals surface area contributed by atoms with Gasteiger partial charge in [-0.25, -0.2) is 9.18 Å². The summed E-state index contributed by atoms with van der Waals surface area (Å²) in [6.07, 6.45) is 0. The maximum absolute atomic E-state index is 12.9. The highest BCUT2D eigenvalue weighted by Crippen LogP contribution is 2.32. The number of benzene rings is 2. The standard InChI is InChI=1S/C16H12FNO2S/c17-10-5-7-11(8-6-10)18-15(16(19)20)13-9-21-14-4-2-1-3-12(13)14/h1-9,15,18H,(H,19,20). The molecule has 0 amide bonds. The first-order valence-electron chi connectivity index (χ1n) is 6.36. The molecule has 3 aromatic rings. The summed E-state index contributed by atoms with van der Waals surface area (Å²) in [5.74, 6) is -1.32. The maximum Gasteiger partial charge on any atom is 0.330 e. The zero-order valence-corrected chi connectivity index (χ0v) is 11.7. The van der Waals surface area contributed by atoms with Crippen molar-refractivity contribution >= 4 is 33.1 Å². The van der Waals surface area contributed by atoms with Crippen LogP contribution in [0.25, 0.3) is 10.1 Å². The number of rotatable bonds is 4. The third kappa shape index (κ3) is 2.73. The smallest absolute Gasteiger partial charge is 0.330 e. The molecule has 1 atom stereocenters. The first-order valence-corrected chi connectivity index (χ1v) is 7.24. The van der Waals surface area contributed by atoms with Crippen molar-refractivity contribution in [3.8, 4) is 0 Å². The predicted molar refractivity (Wildman–Crippen MR) is 82.2 cm³/mol. The van der Waals surface area contributed by atoms with Crippen molar-refractivity contribution < 1.29 is 14.3 Å². The second kappa shape index (κ2) is 5.54. The van der Waals surface area contributed by atoms with Gasteiger partial charge in [0.2, 0.25) is 0 Å². The van der Waals surface area contributed by atoms with Gasteiger partial charge in [0.25, 0.3) is 0 Å². The third-order valence-corrected chi connectivity index (χ3v) is 4.21. The van der Waals surface area contributed by atoms with Crippen LogP contribution in [0.4, 0.5) is 10.1 Å². The fourth-order valence-corrected chi connectivity index (χ4v) is 3.19. The van der Waals surface area contributed by atoms with Gasteiger partial charge in [0.15, 0.2) is 6.04 Å². The van der Waals surface area contributed by atoms with Crippen molar-refractivity contribution in [2.75, 3.05) is 5.32 Å². The van der Waals surface area contributed by atoms with Crippen molar-refractivity contribution in [2.24, 2.45) is 0 Å². The number of hydrogen-bond acceptors (Lipinski definition) is 3. The molecule has 1 aromatic heterocycles. The lowest BCUT2D eigenvalue weighted by Gasteiger charge is -2.15. The minimum absolute atomic E-state index is 0.353. The van der Waals surface area contributed by atoms with E-state index in [1.54, 1.807) is 0 Å². The Morgan fingerprint density at radius 2 is 1.86 bits per heavy atom. The van der Waals surface area contributed by atoms with Gasteiger partial charge in [0, 0.05) is 16.0 Å². The molecule has 3 rings (SSSR count). The topological polar surface area (TPSA) is 49.3 Å². The molecule has 106 valence electrons. The van der Waals surface area contributed by atoms with Gasteiger partial charge in [-0.2, -0.15) is 0 Å². The van der Waals surface area contributed by atoms with Crippen molar-refractivity contribution in [2.45, 2.75) is 6.04 Å². The quantitative estimate of drug-likeness (QED) is 0.756. The Kier molecular flexibility index (Phi) is 3.58. The SMILES string of the molecule is O=C(O)C(Nc1ccc(F)cc1)c1csc2ccccc12. The molecule has 1 unspecified atom stereocenters. The molecule has 0 aliphatic rings. The van der Waals surface area contributed by atoms with Crippen LogP contribution in [0.15, 0.2) is 53.9 Å². The number of carboxylic acid groups (broad SMARTS) is 1. The molecule has 0 aliphatic heterocycles. The van der Waals surface area contributed by atoms with Gasteiger partial charge >= 0.3 is 5.97 Å². The zero-order chi connectivity index (χ0) is 14.8. The molecule has 0 saturated carbocycles. The summed E-state index contributed by atoms with van der Waals surface area (Å²) in [6, 6.07) is 12.5. The van der Waals surface area contributed by atoms with Crippen LogP contribution >= 0.6 is 11.3 Å². The van der Waals surface area contributed by atoms with E-state index in [0.29, 0.717) is 11.3 Å². The number of nitrogens with one attached hydrogen (secondary N) is 1. The number of carbonyl (C=O) groups is 1. The third-order valence-electron chi connectivity index (χ3n) is 3.22. The van der Waals surface area contributed by atoms with Gasteiger partial charge in [-0.1, -0.05) is 18.2 Å². The lowest BCUT2D eigenvalue weighted by atomic mass is 10.1. The summed E-state index contributed by atoms with van der Waals surface area (Å²) in [7, 11) is 0. The van der Waals surface area contributed by atoms with E-state index in [1.807, 2.05) is 29.6 Å². The zero-order valence-electron chi connectivity index (χ0n) is 10.9. The van der Waals surface area contributed by atoms with E-state index in [4.69, 9.17) is 0 Å². The second-order valence-electron chi connectivity index (χ2n) is 4.61. The van der Waals surface area contributed by atoms with Crippen LogP contribution in [0, 0.1) is 5.82 Å². The summed E-state index contributed by atoms with van der Waals surface area (Å²) in [5, 5.41) is 15.2. The molecule has 0 spiro atoms. The Hall–Kier alpha value is -2.40. The van der Waals surface area contributed by atoms with E-state index in [-0.39, 0.29) is 5.82 Å². The molecule has 5 heteroatoms. The van der Waals surface area contributed by atoms with E-state index in [1.165, 1.54) is 35.6 Å². The molecule has 1 heterocycles. The van der Waals surface area contributed by atoms with Crippen LogP contribution in [0.1, 0.15) is 11.6 Å². The fraction of sp³-hybridized carbons (Fsp3) is 0.0625. The second-order valence-corrected chi connectivity index (χ2v) is 5.52. The molecule has 2 aromatic carbocycles. The largest absolute Gasteiger partial charge is 0.479 e. The molecular formula is C16H12FNO2S. The molecular weight excluding hydrogens is 289 g/mol. The number of hydrogen-bond donors (Lipinski definition) is 2. The van der Waals surface area contributed by atoms with Crippen LogP contribution in [-0.4, -0.2) is 11.1 Å². The predicted octanol–water partition coefficient (Wildman–Crippen LogP) is 4.28. The Morgan fingerprint density at radius 1 is 1.14 bits per heavy atom. The Balaban J connectivity index is 1.98. The Labute approximate surface area is 124 Å². The number of carboxylic acids is 1. The molecule has 0 bridgehead atoms.